The fourth-order valence-electron chi connectivity index (χ4n) is 2.20. The van der Waals surface area contributed by atoms with Gasteiger partial charge in [-0.1, -0.05) is 51.9 Å². The van der Waals surface area contributed by atoms with Crippen molar-refractivity contribution in [3.05, 3.63) is 0 Å². The standard InChI is InChI=1S/C15H32O/c1-6-7-8-9-10-11-12-13-15(4,5)16-14(2)3/h14H,6-13H2,1-5H3. The molecule has 0 aromatic rings. The van der Waals surface area contributed by atoms with E-state index in [0.717, 1.165) is 0 Å². The molecular weight excluding hydrogens is 196 g/mol. The Labute approximate surface area is 103 Å². The molecule has 16 heavy (non-hydrogen) atoms. The highest BCUT2D eigenvalue weighted by atomic mass is 16.5. The molecule has 0 heterocycles. The first-order valence-corrected chi connectivity index (χ1v) is 7.16. The normalized spacial score (nSPS) is 12.4. The first kappa shape index (κ1) is 16.0. The highest BCUT2D eigenvalue weighted by Crippen LogP contribution is 2.21. The second-order valence-electron chi connectivity index (χ2n) is 5.80. The number of rotatable bonds is 10. The monoisotopic (exact) mass is 228 g/mol. The van der Waals surface area contributed by atoms with E-state index in [2.05, 4.69) is 34.6 Å². The SMILES string of the molecule is CCCCCCCCCC(C)(C)OC(C)C. The summed E-state index contributed by atoms with van der Waals surface area (Å²) < 4.78 is 5.88. The van der Waals surface area contributed by atoms with E-state index in [1.54, 1.807) is 0 Å². The molecule has 0 saturated carbocycles. The summed E-state index contributed by atoms with van der Waals surface area (Å²) >= 11 is 0. The van der Waals surface area contributed by atoms with Crippen LogP contribution in [0.4, 0.5) is 0 Å². The average molecular weight is 228 g/mol. The van der Waals surface area contributed by atoms with Crippen molar-refractivity contribution in [2.45, 2.75) is 97.7 Å². The summed E-state index contributed by atoms with van der Waals surface area (Å²) in [6.45, 7) is 10.9. The summed E-state index contributed by atoms with van der Waals surface area (Å²) in [7, 11) is 0. The van der Waals surface area contributed by atoms with Crippen molar-refractivity contribution < 1.29 is 4.74 Å². The van der Waals surface area contributed by atoms with Gasteiger partial charge in [-0.2, -0.15) is 0 Å². The molecule has 0 atom stereocenters. The average Bonchev–Trinajstić information content (AvgIpc) is 2.14. The van der Waals surface area contributed by atoms with Gasteiger partial charge in [0.15, 0.2) is 0 Å². The molecular formula is C15H32O. The smallest absolute Gasteiger partial charge is 0.0630 e. The molecule has 0 fully saturated rings. The van der Waals surface area contributed by atoms with Crippen LogP contribution in [-0.2, 0) is 4.74 Å². The van der Waals surface area contributed by atoms with E-state index in [1.165, 1.54) is 51.4 Å². The fourth-order valence-corrected chi connectivity index (χ4v) is 2.20. The van der Waals surface area contributed by atoms with Gasteiger partial charge >= 0.3 is 0 Å². The molecule has 0 aliphatic heterocycles. The second kappa shape index (κ2) is 9.04. The van der Waals surface area contributed by atoms with E-state index in [0.29, 0.717) is 6.10 Å². The van der Waals surface area contributed by atoms with Crippen molar-refractivity contribution in [3.63, 3.8) is 0 Å². The third-order valence-corrected chi connectivity index (χ3v) is 2.94. The highest BCUT2D eigenvalue weighted by Gasteiger charge is 2.18. The number of unbranched alkanes of at least 4 members (excludes halogenated alkanes) is 6. The van der Waals surface area contributed by atoms with Crippen LogP contribution >= 0.6 is 0 Å². The predicted molar refractivity (Wildman–Crippen MR) is 72.9 cm³/mol. The summed E-state index contributed by atoms with van der Waals surface area (Å²) in [5.74, 6) is 0. The van der Waals surface area contributed by atoms with Gasteiger partial charge in [0.05, 0.1) is 11.7 Å². The van der Waals surface area contributed by atoms with Crippen LogP contribution in [0.25, 0.3) is 0 Å². The fraction of sp³-hybridized carbons (Fsp3) is 1.00. The quantitative estimate of drug-likeness (QED) is 0.459. The third kappa shape index (κ3) is 10.5. The van der Waals surface area contributed by atoms with Crippen molar-refractivity contribution in [2.75, 3.05) is 0 Å². The minimum atomic E-state index is 0.0670. The van der Waals surface area contributed by atoms with E-state index in [-0.39, 0.29) is 5.60 Å². The lowest BCUT2D eigenvalue weighted by atomic mass is 9.99. The predicted octanol–water partition coefficient (Wildman–Crippen LogP) is 5.33. The van der Waals surface area contributed by atoms with Crippen LogP contribution in [0.15, 0.2) is 0 Å². The molecule has 0 aliphatic rings. The molecule has 0 rings (SSSR count). The first-order chi connectivity index (χ1) is 7.48. The van der Waals surface area contributed by atoms with Gasteiger partial charge in [0, 0.05) is 0 Å². The van der Waals surface area contributed by atoms with Crippen LogP contribution < -0.4 is 0 Å². The molecule has 0 aromatic heterocycles. The van der Waals surface area contributed by atoms with Gasteiger partial charge < -0.3 is 4.74 Å². The summed E-state index contributed by atoms with van der Waals surface area (Å²) in [6, 6.07) is 0. The van der Waals surface area contributed by atoms with Gasteiger partial charge in [-0.05, 0) is 34.1 Å². The molecule has 0 bridgehead atoms. The van der Waals surface area contributed by atoms with Crippen LogP contribution in [0, 0.1) is 0 Å². The molecule has 0 aliphatic carbocycles. The van der Waals surface area contributed by atoms with Gasteiger partial charge in [-0.3, -0.25) is 0 Å². The molecule has 1 nitrogen and oxygen atoms in total. The van der Waals surface area contributed by atoms with Crippen molar-refractivity contribution >= 4 is 0 Å². The number of ether oxygens (including phenoxy) is 1. The van der Waals surface area contributed by atoms with Crippen molar-refractivity contribution in [3.8, 4) is 0 Å². The van der Waals surface area contributed by atoms with E-state index < -0.39 is 0 Å². The van der Waals surface area contributed by atoms with E-state index in [1.807, 2.05) is 0 Å². The zero-order chi connectivity index (χ0) is 12.4. The zero-order valence-electron chi connectivity index (χ0n) is 12.1. The first-order valence-electron chi connectivity index (χ1n) is 7.16. The maximum absolute atomic E-state index is 5.88. The van der Waals surface area contributed by atoms with Crippen LogP contribution in [0.3, 0.4) is 0 Å². The summed E-state index contributed by atoms with van der Waals surface area (Å²) in [5.41, 5.74) is 0.0670. The van der Waals surface area contributed by atoms with Crippen molar-refractivity contribution in [1.29, 1.82) is 0 Å². The van der Waals surface area contributed by atoms with Gasteiger partial charge in [-0.15, -0.1) is 0 Å². The van der Waals surface area contributed by atoms with Crippen LogP contribution in [0.5, 0.6) is 0 Å². The van der Waals surface area contributed by atoms with E-state index in [9.17, 15) is 0 Å². The summed E-state index contributed by atoms with van der Waals surface area (Å²) in [4.78, 5) is 0. The van der Waals surface area contributed by atoms with Gasteiger partial charge in [0.1, 0.15) is 0 Å². The highest BCUT2D eigenvalue weighted by molar-refractivity contribution is 4.69. The molecule has 0 unspecified atom stereocenters. The van der Waals surface area contributed by atoms with Crippen LogP contribution in [-0.4, -0.2) is 11.7 Å². The van der Waals surface area contributed by atoms with E-state index >= 15 is 0 Å². The molecule has 0 aromatic carbocycles. The lowest BCUT2D eigenvalue weighted by Crippen LogP contribution is -2.27. The summed E-state index contributed by atoms with van der Waals surface area (Å²) in [6.07, 6.45) is 11.2. The van der Waals surface area contributed by atoms with Gasteiger partial charge in [-0.25, -0.2) is 0 Å². The van der Waals surface area contributed by atoms with Crippen molar-refractivity contribution in [2.24, 2.45) is 0 Å². The van der Waals surface area contributed by atoms with Crippen molar-refractivity contribution in [1.82, 2.24) is 0 Å². The Hall–Kier alpha value is -0.0400. The maximum atomic E-state index is 5.88. The van der Waals surface area contributed by atoms with Gasteiger partial charge in [0.25, 0.3) is 0 Å². The molecule has 98 valence electrons. The van der Waals surface area contributed by atoms with Gasteiger partial charge in [0.2, 0.25) is 0 Å². The topological polar surface area (TPSA) is 9.23 Å². The Morgan fingerprint density at radius 3 is 1.88 bits per heavy atom. The minimum Gasteiger partial charge on any atom is -0.373 e. The molecule has 0 N–H and O–H groups in total. The Morgan fingerprint density at radius 1 is 0.875 bits per heavy atom. The second-order valence-corrected chi connectivity index (χ2v) is 5.80. The zero-order valence-corrected chi connectivity index (χ0v) is 12.1. The Balaban J connectivity index is 3.36. The third-order valence-electron chi connectivity index (χ3n) is 2.94. The Morgan fingerprint density at radius 2 is 1.38 bits per heavy atom. The van der Waals surface area contributed by atoms with Crippen LogP contribution in [0.2, 0.25) is 0 Å². The minimum absolute atomic E-state index is 0.0670. The molecule has 0 saturated heterocycles. The largest absolute Gasteiger partial charge is 0.373 e. The number of hydrogen-bond acceptors (Lipinski definition) is 1. The number of hydrogen-bond donors (Lipinski definition) is 0. The molecule has 0 spiro atoms. The van der Waals surface area contributed by atoms with Crippen LogP contribution in [0.1, 0.15) is 86.0 Å². The molecule has 1 heteroatoms. The lowest BCUT2D eigenvalue weighted by Gasteiger charge is -2.27. The Bertz CT molecular complexity index is 150. The molecule has 0 radical (unpaired) electrons. The molecule has 0 amide bonds. The Kier molecular flexibility index (Phi) is 9.02. The van der Waals surface area contributed by atoms with E-state index in [4.69, 9.17) is 4.74 Å². The maximum Gasteiger partial charge on any atom is 0.0630 e. The summed E-state index contributed by atoms with van der Waals surface area (Å²) in [5, 5.41) is 0. The lowest BCUT2D eigenvalue weighted by molar-refractivity contribution is -0.0615.